The van der Waals surface area contributed by atoms with Crippen molar-refractivity contribution in [1.29, 1.82) is 0 Å². The topological polar surface area (TPSA) is 41.8 Å². The highest BCUT2D eigenvalue weighted by Gasteiger charge is 2.12. The number of hydrogen-bond donors (Lipinski definition) is 2. The summed E-state index contributed by atoms with van der Waals surface area (Å²) in [6.07, 6.45) is 0.857. The Balaban J connectivity index is 2.65. The summed E-state index contributed by atoms with van der Waals surface area (Å²) in [5, 5.41) is 1.92. The van der Waals surface area contributed by atoms with Crippen molar-refractivity contribution in [2.75, 3.05) is 0 Å². The highest BCUT2D eigenvalue weighted by Crippen LogP contribution is 2.29. The van der Waals surface area contributed by atoms with Crippen LogP contribution in [0.3, 0.4) is 0 Å². The third kappa shape index (κ3) is 1.87. The maximum Gasteiger partial charge on any atom is 0.0502 e. The Morgan fingerprint density at radius 1 is 1.47 bits per heavy atom. The summed E-state index contributed by atoms with van der Waals surface area (Å²) in [5.74, 6) is 0. The first-order chi connectivity index (χ1) is 7.09. The molecule has 15 heavy (non-hydrogen) atoms. The summed E-state index contributed by atoms with van der Waals surface area (Å²) in [7, 11) is 0. The molecule has 0 amide bonds. The Hall–Kier alpha value is -0.990. The van der Waals surface area contributed by atoms with Gasteiger partial charge >= 0.3 is 0 Å². The number of nitrogens with one attached hydrogen (secondary N) is 1. The van der Waals surface area contributed by atoms with Gasteiger partial charge in [-0.05, 0) is 38.0 Å². The van der Waals surface area contributed by atoms with Gasteiger partial charge < -0.3 is 10.7 Å². The minimum atomic E-state index is 0.152. The number of rotatable bonds is 2. The maximum absolute atomic E-state index is 6.20. The molecule has 1 unspecified atom stereocenters. The molecule has 1 atom stereocenters. The lowest BCUT2D eigenvalue weighted by Gasteiger charge is -2.05. The van der Waals surface area contributed by atoms with Crippen LogP contribution in [0.2, 0.25) is 5.02 Å². The lowest BCUT2D eigenvalue weighted by atomic mass is 10.0. The zero-order valence-corrected chi connectivity index (χ0v) is 9.73. The van der Waals surface area contributed by atoms with Gasteiger partial charge in [-0.3, -0.25) is 0 Å². The molecule has 0 saturated heterocycles. The number of aromatic nitrogens is 1. The molecule has 2 rings (SSSR count). The molecule has 0 saturated carbocycles. The van der Waals surface area contributed by atoms with E-state index < -0.39 is 0 Å². The van der Waals surface area contributed by atoms with Gasteiger partial charge in [0.15, 0.2) is 0 Å². The largest absolute Gasteiger partial charge is 0.358 e. The molecule has 2 nitrogen and oxygen atoms in total. The summed E-state index contributed by atoms with van der Waals surface area (Å²) in [6.45, 7) is 4.07. The average Bonchev–Trinajstić information content (AvgIpc) is 2.43. The first-order valence-corrected chi connectivity index (χ1v) is 5.48. The Labute approximate surface area is 94.4 Å². The fraction of sp³-hybridized carbons (Fsp3) is 0.333. The van der Waals surface area contributed by atoms with E-state index in [1.165, 1.54) is 5.56 Å². The zero-order valence-electron chi connectivity index (χ0n) is 8.97. The number of halogens is 1. The normalized spacial score (nSPS) is 13.3. The van der Waals surface area contributed by atoms with E-state index in [4.69, 9.17) is 17.3 Å². The quantitative estimate of drug-likeness (QED) is 0.806. The highest BCUT2D eigenvalue weighted by atomic mass is 35.5. The number of H-pyrrole nitrogens is 1. The number of hydrogen-bond acceptors (Lipinski definition) is 1. The molecule has 2 aromatic rings. The van der Waals surface area contributed by atoms with Gasteiger partial charge in [0.25, 0.3) is 0 Å². The second kappa shape index (κ2) is 3.87. The predicted molar refractivity (Wildman–Crippen MR) is 65.4 cm³/mol. The Morgan fingerprint density at radius 2 is 2.20 bits per heavy atom. The van der Waals surface area contributed by atoms with Crippen LogP contribution in [0.4, 0.5) is 0 Å². The van der Waals surface area contributed by atoms with Gasteiger partial charge in [0, 0.05) is 22.6 Å². The van der Waals surface area contributed by atoms with Crippen LogP contribution in [0, 0.1) is 6.92 Å². The Kier molecular flexibility index (Phi) is 2.72. The maximum atomic E-state index is 6.20. The first-order valence-electron chi connectivity index (χ1n) is 5.11. The van der Waals surface area contributed by atoms with Crippen LogP contribution in [-0.4, -0.2) is 11.0 Å². The van der Waals surface area contributed by atoms with Crippen molar-refractivity contribution in [2.24, 2.45) is 5.73 Å². The predicted octanol–water partition coefficient (Wildman–Crippen LogP) is 3.02. The third-order valence-corrected chi connectivity index (χ3v) is 2.93. The van der Waals surface area contributed by atoms with Crippen molar-refractivity contribution in [1.82, 2.24) is 4.98 Å². The second-order valence-corrected chi connectivity index (χ2v) is 4.48. The summed E-state index contributed by atoms with van der Waals surface area (Å²) < 4.78 is 0. The van der Waals surface area contributed by atoms with Crippen molar-refractivity contribution in [3.05, 3.63) is 34.5 Å². The van der Waals surface area contributed by atoms with Crippen molar-refractivity contribution >= 4 is 22.5 Å². The molecular formula is C12H15ClN2. The SMILES string of the molecule is Cc1[nH]c2cccc(Cl)c2c1CC(C)N. The zero-order chi connectivity index (χ0) is 11.0. The van der Waals surface area contributed by atoms with E-state index in [9.17, 15) is 0 Å². The molecule has 0 fully saturated rings. The van der Waals surface area contributed by atoms with Crippen LogP contribution in [0.25, 0.3) is 10.9 Å². The van der Waals surface area contributed by atoms with Gasteiger partial charge in [0.05, 0.1) is 5.02 Å². The van der Waals surface area contributed by atoms with Crippen LogP contribution in [0.1, 0.15) is 18.2 Å². The number of benzene rings is 1. The van der Waals surface area contributed by atoms with E-state index in [0.29, 0.717) is 0 Å². The van der Waals surface area contributed by atoms with Gasteiger partial charge in [0.2, 0.25) is 0 Å². The molecular weight excluding hydrogens is 208 g/mol. The van der Waals surface area contributed by atoms with Crippen molar-refractivity contribution in [3.8, 4) is 0 Å². The molecule has 0 aliphatic carbocycles. The van der Waals surface area contributed by atoms with Gasteiger partial charge in [-0.1, -0.05) is 17.7 Å². The molecule has 80 valence electrons. The molecule has 0 bridgehead atoms. The third-order valence-electron chi connectivity index (χ3n) is 2.62. The van der Waals surface area contributed by atoms with E-state index in [2.05, 4.69) is 11.9 Å². The van der Waals surface area contributed by atoms with Crippen molar-refractivity contribution < 1.29 is 0 Å². The fourth-order valence-corrected chi connectivity index (χ4v) is 2.27. The summed E-state index contributed by atoms with van der Waals surface area (Å²) in [5.41, 5.74) is 9.33. The van der Waals surface area contributed by atoms with Gasteiger partial charge in [-0.25, -0.2) is 0 Å². The highest BCUT2D eigenvalue weighted by molar-refractivity contribution is 6.35. The molecule has 0 aliphatic rings. The van der Waals surface area contributed by atoms with Crippen LogP contribution in [0.5, 0.6) is 0 Å². The van der Waals surface area contributed by atoms with Crippen LogP contribution >= 0.6 is 11.6 Å². The van der Waals surface area contributed by atoms with Crippen molar-refractivity contribution in [2.45, 2.75) is 26.3 Å². The van der Waals surface area contributed by atoms with E-state index in [1.807, 2.05) is 25.1 Å². The van der Waals surface area contributed by atoms with Crippen LogP contribution in [0.15, 0.2) is 18.2 Å². The average molecular weight is 223 g/mol. The number of aromatic amines is 1. The molecule has 0 aliphatic heterocycles. The summed E-state index contributed by atoms with van der Waals surface area (Å²) >= 11 is 6.20. The number of nitrogens with two attached hydrogens (primary N) is 1. The Morgan fingerprint density at radius 3 is 2.87 bits per heavy atom. The standard InChI is InChI=1S/C12H15ClN2/c1-7(14)6-9-8(2)15-11-5-3-4-10(13)12(9)11/h3-5,7,15H,6,14H2,1-2H3. The summed E-state index contributed by atoms with van der Waals surface area (Å²) in [6, 6.07) is 6.07. The fourth-order valence-electron chi connectivity index (χ4n) is 1.98. The van der Waals surface area contributed by atoms with Crippen LogP contribution < -0.4 is 5.73 Å². The van der Waals surface area contributed by atoms with E-state index in [1.54, 1.807) is 0 Å². The molecule has 1 aromatic heterocycles. The molecule has 3 N–H and O–H groups in total. The monoisotopic (exact) mass is 222 g/mol. The smallest absolute Gasteiger partial charge is 0.0502 e. The number of fused-ring (bicyclic) bond motifs is 1. The molecule has 3 heteroatoms. The van der Waals surface area contributed by atoms with Crippen molar-refractivity contribution in [3.63, 3.8) is 0 Å². The Bertz CT molecular complexity index is 486. The molecule has 1 heterocycles. The molecule has 0 spiro atoms. The van der Waals surface area contributed by atoms with Gasteiger partial charge in [-0.2, -0.15) is 0 Å². The summed E-state index contributed by atoms with van der Waals surface area (Å²) in [4.78, 5) is 3.33. The van der Waals surface area contributed by atoms with Gasteiger partial charge in [0.1, 0.15) is 0 Å². The minimum absolute atomic E-state index is 0.152. The second-order valence-electron chi connectivity index (χ2n) is 4.07. The number of aryl methyl sites for hydroxylation is 1. The lowest BCUT2D eigenvalue weighted by molar-refractivity contribution is 0.738. The molecule has 1 aromatic carbocycles. The van der Waals surface area contributed by atoms with Gasteiger partial charge in [-0.15, -0.1) is 0 Å². The molecule has 0 radical (unpaired) electrons. The first kappa shape index (κ1) is 10.5. The lowest BCUT2D eigenvalue weighted by Crippen LogP contribution is -2.18. The minimum Gasteiger partial charge on any atom is -0.358 e. The van der Waals surface area contributed by atoms with E-state index in [0.717, 1.165) is 28.0 Å². The van der Waals surface area contributed by atoms with E-state index in [-0.39, 0.29) is 6.04 Å². The van der Waals surface area contributed by atoms with Crippen LogP contribution in [-0.2, 0) is 6.42 Å². The van der Waals surface area contributed by atoms with E-state index >= 15 is 0 Å².